The van der Waals surface area contributed by atoms with Crippen molar-refractivity contribution in [3.8, 4) is 34.8 Å². The van der Waals surface area contributed by atoms with Gasteiger partial charge in [-0.1, -0.05) is 59.1 Å². The molecule has 44 heavy (non-hydrogen) atoms. The molecule has 0 aliphatic carbocycles. The lowest BCUT2D eigenvalue weighted by molar-refractivity contribution is 0.0734. The Hall–Kier alpha value is -4.55. The van der Waals surface area contributed by atoms with Crippen molar-refractivity contribution in [2.75, 3.05) is 13.7 Å². The number of hydrogen-bond donors (Lipinski definition) is 1. The van der Waals surface area contributed by atoms with E-state index < -0.39 is 11.9 Å². The third-order valence-electron chi connectivity index (χ3n) is 6.75. The van der Waals surface area contributed by atoms with Crippen molar-refractivity contribution in [1.29, 1.82) is 5.26 Å². The van der Waals surface area contributed by atoms with Crippen molar-refractivity contribution in [1.82, 2.24) is 0 Å². The van der Waals surface area contributed by atoms with Crippen LogP contribution in [0.4, 0.5) is 0 Å². The number of nitriles is 1. The van der Waals surface area contributed by atoms with Crippen LogP contribution in [-0.4, -0.2) is 19.7 Å². The van der Waals surface area contributed by atoms with Crippen LogP contribution in [-0.2, 0) is 6.61 Å². The van der Waals surface area contributed by atoms with Gasteiger partial charge in [-0.2, -0.15) is 5.26 Å². The average molecular weight is 652 g/mol. The van der Waals surface area contributed by atoms with Crippen molar-refractivity contribution in [2.24, 2.45) is 5.73 Å². The molecule has 0 bridgehead atoms. The fourth-order valence-corrected chi connectivity index (χ4v) is 5.41. The van der Waals surface area contributed by atoms with Gasteiger partial charge in [-0.3, -0.25) is 0 Å². The zero-order valence-electron chi connectivity index (χ0n) is 23.5. The zero-order valence-corrected chi connectivity index (χ0v) is 25.8. The zero-order chi connectivity index (χ0) is 31.4. The summed E-state index contributed by atoms with van der Waals surface area (Å²) in [4.78, 5) is 12.9. The molecular formula is C33H25Cl3N2O6. The maximum absolute atomic E-state index is 12.9. The molecule has 8 nitrogen and oxygen atoms in total. The molecule has 1 atom stereocenters. The van der Waals surface area contributed by atoms with Gasteiger partial charge < -0.3 is 29.4 Å². The normalized spacial score (nSPS) is 13.8. The summed E-state index contributed by atoms with van der Waals surface area (Å²) >= 11 is 18.5. The first-order chi connectivity index (χ1) is 21.2. The van der Waals surface area contributed by atoms with E-state index in [1.54, 1.807) is 43.3 Å². The molecule has 11 heteroatoms. The number of benzene rings is 4. The van der Waals surface area contributed by atoms with Crippen molar-refractivity contribution in [3.05, 3.63) is 122 Å². The number of nitrogens with two attached hydrogens (primary N) is 1. The number of esters is 1. The van der Waals surface area contributed by atoms with E-state index in [2.05, 4.69) is 6.07 Å². The van der Waals surface area contributed by atoms with Gasteiger partial charge in [-0.05, 0) is 60.5 Å². The number of carbonyl (C=O) groups excluding carboxylic acids is 1. The number of nitrogens with zero attached hydrogens (tertiary/aromatic N) is 1. The molecule has 5 rings (SSSR count). The van der Waals surface area contributed by atoms with E-state index >= 15 is 0 Å². The Labute approximate surface area is 269 Å². The van der Waals surface area contributed by atoms with Gasteiger partial charge in [-0.15, -0.1) is 0 Å². The highest BCUT2D eigenvalue weighted by Crippen LogP contribution is 2.45. The van der Waals surface area contributed by atoms with E-state index in [1.165, 1.54) is 25.3 Å². The molecule has 1 aliphatic heterocycles. The van der Waals surface area contributed by atoms with Gasteiger partial charge in [0.05, 0.1) is 35.2 Å². The molecule has 0 saturated heterocycles. The quantitative estimate of drug-likeness (QED) is 0.143. The number of fused-ring (bicyclic) bond motifs is 1. The molecule has 0 spiro atoms. The second-order valence-corrected chi connectivity index (χ2v) is 10.8. The summed E-state index contributed by atoms with van der Waals surface area (Å²) in [6.45, 7) is 2.46. The summed E-state index contributed by atoms with van der Waals surface area (Å²) in [5, 5.41) is 11.0. The molecule has 1 aliphatic rings. The third kappa shape index (κ3) is 6.51. The first-order valence-corrected chi connectivity index (χ1v) is 14.5. The predicted octanol–water partition coefficient (Wildman–Crippen LogP) is 8.07. The van der Waals surface area contributed by atoms with Crippen LogP contribution in [0.1, 0.15) is 39.9 Å². The largest absolute Gasteiger partial charge is 0.493 e. The van der Waals surface area contributed by atoms with E-state index in [9.17, 15) is 10.1 Å². The summed E-state index contributed by atoms with van der Waals surface area (Å²) in [5.41, 5.74) is 8.84. The number of allylic oxidation sites excluding steroid dienone is 1. The molecule has 4 aromatic rings. The number of rotatable bonds is 9. The van der Waals surface area contributed by atoms with Crippen LogP contribution in [0.15, 0.2) is 84.3 Å². The van der Waals surface area contributed by atoms with E-state index in [-0.39, 0.29) is 38.6 Å². The van der Waals surface area contributed by atoms with Gasteiger partial charge in [0, 0.05) is 16.7 Å². The molecule has 4 aromatic carbocycles. The van der Waals surface area contributed by atoms with Crippen LogP contribution in [0.2, 0.25) is 15.1 Å². The minimum absolute atomic E-state index is 0.0689. The molecule has 0 radical (unpaired) electrons. The lowest BCUT2D eigenvalue weighted by Gasteiger charge is -2.27. The minimum atomic E-state index is -0.690. The number of ether oxygens (including phenoxy) is 5. The predicted molar refractivity (Wildman–Crippen MR) is 167 cm³/mol. The molecule has 0 saturated carbocycles. The Bertz CT molecular complexity index is 1780. The summed E-state index contributed by atoms with van der Waals surface area (Å²) in [5.74, 6) is 0.437. The number of methoxy groups -OCH3 is 1. The maximum atomic E-state index is 12.9. The Morgan fingerprint density at radius 3 is 2.34 bits per heavy atom. The van der Waals surface area contributed by atoms with Gasteiger partial charge in [0.2, 0.25) is 5.88 Å². The fourth-order valence-electron chi connectivity index (χ4n) is 4.69. The Kier molecular flexibility index (Phi) is 9.40. The molecule has 0 fully saturated rings. The lowest BCUT2D eigenvalue weighted by atomic mass is 9.83. The van der Waals surface area contributed by atoms with E-state index in [1.807, 2.05) is 18.2 Å². The van der Waals surface area contributed by atoms with Crippen molar-refractivity contribution < 1.29 is 28.5 Å². The molecule has 1 heterocycles. The van der Waals surface area contributed by atoms with E-state index in [0.717, 1.165) is 5.56 Å². The SMILES string of the molecule is CCOc1c(Cl)cc(C(=O)Oc2ccc3c(c2)OC(N)=C(C#N)C3c2ccc(OCc3ccc(Cl)cc3)c(OC)c2)cc1Cl. The summed E-state index contributed by atoms with van der Waals surface area (Å²) in [7, 11) is 1.53. The smallest absolute Gasteiger partial charge is 0.343 e. The first kappa shape index (κ1) is 30.9. The highest BCUT2D eigenvalue weighted by molar-refractivity contribution is 6.37. The number of hydrogen-bond acceptors (Lipinski definition) is 8. The standard InChI is InChI=1S/C33H25Cl3N2O6/c1-3-41-31-25(35)12-20(13-26(31)36)33(39)43-22-9-10-23-28(15-22)44-32(38)24(16-37)30(23)19-6-11-27(29(14-19)40-2)42-17-18-4-7-21(34)8-5-18/h4-15,30H,3,17,38H2,1-2H3. The molecule has 0 aromatic heterocycles. The number of carbonyl (C=O) groups is 1. The van der Waals surface area contributed by atoms with Crippen LogP contribution in [0, 0.1) is 11.3 Å². The van der Waals surface area contributed by atoms with Crippen LogP contribution in [0.3, 0.4) is 0 Å². The van der Waals surface area contributed by atoms with Gasteiger partial charge in [0.1, 0.15) is 29.7 Å². The monoisotopic (exact) mass is 650 g/mol. The molecular weight excluding hydrogens is 627 g/mol. The topological polar surface area (TPSA) is 113 Å². The van der Waals surface area contributed by atoms with Crippen LogP contribution in [0.5, 0.6) is 28.7 Å². The molecule has 224 valence electrons. The second-order valence-electron chi connectivity index (χ2n) is 9.54. The fraction of sp³-hybridized carbons (Fsp3) is 0.152. The third-order valence-corrected chi connectivity index (χ3v) is 7.57. The van der Waals surface area contributed by atoms with Gasteiger partial charge in [0.15, 0.2) is 17.2 Å². The first-order valence-electron chi connectivity index (χ1n) is 13.3. The lowest BCUT2D eigenvalue weighted by Crippen LogP contribution is -2.21. The highest BCUT2D eigenvalue weighted by atomic mass is 35.5. The van der Waals surface area contributed by atoms with E-state index in [4.69, 9.17) is 64.2 Å². The average Bonchev–Trinajstić information content (AvgIpc) is 3.01. The Morgan fingerprint density at radius 1 is 0.955 bits per heavy atom. The summed E-state index contributed by atoms with van der Waals surface area (Å²) in [6, 6.07) is 22.6. The van der Waals surface area contributed by atoms with Crippen LogP contribution < -0.4 is 29.4 Å². The van der Waals surface area contributed by atoms with Gasteiger partial charge in [-0.25, -0.2) is 4.79 Å². The van der Waals surface area contributed by atoms with Crippen LogP contribution >= 0.6 is 34.8 Å². The summed E-state index contributed by atoms with van der Waals surface area (Å²) in [6.07, 6.45) is 0. The summed E-state index contributed by atoms with van der Waals surface area (Å²) < 4.78 is 28.4. The maximum Gasteiger partial charge on any atom is 0.343 e. The molecule has 2 N–H and O–H groups in total. The Balaban J connectivity index is 1.41. The van der Waals surface area contributed by atoms with Gasteiger partial charge in [0.25, 0.3) is 0 Å². The van der Waals surface area contributed by atoms with E-state index in [0.29, 0.717) is 46.6 Å². The van der Waals surface area contributed by atoms with Crippen molar-refractivity contribution in [3.63, 3.8) is 0 Å². The molecule has 1 unspecified atom stereocenters. The van der Waals surface area contributed by atoms with Crippen molar-refractivity contribution in [2.45, 2.75) is 19.4 Å². The second kappa shape index (κ2) is 13.4. The van der Waals surface area contributed by atoms with Gasteiger partial charge >= 0.3 is 5.97 Å². The Morgan fingerprint density at radius 2 is 1.68 bits per heavy atom. The van der Waals surface area contributed by atoms with Crippen LogP contribution in [0.25, 0.3) is 0 Å². The van der Waals surface area contributed by atoms with Crippen molar-refractivity contribution >= 4 is 40.8 Å². The number of halogens is 3. The molecule has 0 amide bonds. The highest BCUT2D eigenvalue weighted by Gasteiger charge is 2.32. The minimum Gasteiger partial charge on any atom is -0.493 e.